The van der Waals surface area contributed by atoms with Gasteiger partial charge in [0.25, 0.3) is 0 Å². The fraction of sp³-hybridized carbons (Fsp3) is 0.385. The summed E-state index contributed by atoms with van der Waals surface area (Å²) >= 11 is 0. The number of carbonyl (C=O) groups is 2. The molecule has 0 atom stereocenters. The number of hydrogen-bond donors (Lipinski definition) is 2. The first-order valence-electron chi connectivity index (χ1n) is 5.91. The molecule has 0 bridgehead atoms. The second-order valence-electron chi connectivity index (χ2n) is 4.21. The van der Waals surface area contributed by atoms with Crippen LogP contribution in [0.1, 0.15) is 0 Å². The molecule has 0 spiro atoms. The van der Waals surface area contributed by atoms with Crippen LogP contribution in [-0.2, 0) is 9.59 Å². The number of hydrogen-bond acceptors (Lipinski definition) is 4. The van der Waals surface area contributed by atoms with Gasteiger partial charge in [-0.2, -0.15) is 0 Å². The number of rotatable bonds is 5. The van der Waals surface area contributed by atoms with E-state index in [1.54, 1.807) is 24.3 Å². The molecule has 0 heterocycles. The van der Waals surface area contributed by atoms with Crippen molar-refractivity contribution in [3.8, 4) is 5.75 Å². The molecule has 0 unspecified atom stereocenters. The minimum atomic E-state index is -0.705. The number of nitrogens with zero attached hydrogens (tertiary/aromatic N) is 1. The van der Waals surface area contributed by atoms with Crippen molar-refractivity contribution in [3.05, 3.63) is 24.3 Å². The van der Waals surface area contributed by atoms with Gasteiger partial charge in [0.05, 0.1) is 12.8 Å². The van der Waals surface area contributed by atoms with Gasteiger partial charge in [0.2, 0.25) is 0 Å². The molecule has 0 aliphatic rings. The molecule has 0 radical (unpaired) electrons. The first-order chi connectivity index (χ1) is 9.04. The Morgan fingerprint density at radius 3 is 2.53 bits per heavy atom. The minimum absolute atomic E-state index is 0.422. The Labute approximate surface area is 112 Å². The zero-order valence-electron chi connectivity index (χ0n) is 11.4. The summed E-state index contributed by atoms with van der Waals surface area (Å²) in [6.45, 7) is 1.10. The molecule has 0 aromatic heterocycles. The molecule has 2 N–H and O–H groups in total. The summed E-state index contributed by atoms with van der Waals surface area (Å²) in [5.74, 6) is -0.854. The Balaban J connectivity index is 2.52. The molecule has 0 saturated heterocycles. The van der Waals surface area contributed by atoms with Crippen LogP contribution >= 0.6 is 0 Å². The lowest BCUT2D eigenvalue weighted by Crippen LogP contribution is -2.38. The van der Waals surface area contributed by atoms with Gasteiger partial charge in [0, 0.05) is 13.1 Å². The van der Waals surface area contributed by atoms with E-state index in [0.29, 0.717) is 24.5 Å². The summed E-state index contributed by atoms with van der Waals surface area (Å²) in [5.41, 5.74) is 0.470. The lowest BCUT2D eigenvalue weighted by atomic mass is 10.3. The lowest BCUT2D eigenvalue weighted by Gasteiger charge is -2.11. The monoisotopic (exact) mass is 265 g/mol. The Morgan fingerprint density at radius 2 is 1.89 bits per heavy atom. The van der Waals surface area contributed by atoms with E-state index in [0.717, 1.165) is 0 Å². The largest absolute Gasteiger partial charge is 0.495 e. The number of carbonyl (C=O) groups excluding carboxylic acids is 2. The van der Waals surface area contributed by atoms with Crippen LogP contribution in [-0.4, -0.2) is 51.0 Å². The maximum absolute atomic E-state index is 11.7. The number of likely N-dealkylation sites (N-methyl/N-ethyl adjacent to an activating group) is 1. The third-order valence-electron chi connectivity index (χ3n) is 2.41. The van der Waals surface area contributed by atoms with Crippen molar-refractivity contribution in [1.82, 2.24) is 10.2 Å². The SMILES string of the molecule is COc1ccccc1NC(=O)C(=O)NCCN(C)C. The van der Waals surface area contributed by atoms with Crippen molar-refractivity contribution in [1.29, 1.82) is 0 Å². The van der Waals surface area contributed by atoms with Gasteiger partial charge in [-0.3, -0.25) is 9.59 Å². The van der Waals surface area contributed by atoms with Crippen molar-refractivity contribution in [2.45, 2.75) is 0 Å². The fourth-order valence-electron chi connectivity index (χ4n) is 1.40. The average molecular weight is 265 g/mol. The molecule has 2 amide bonds. The van der Waals surface area contributed by atoms with Gasteiger partial charge in [-0.05, 0) is 26.2 Å². The second kappa shape index (κ2) is 7.38. The predicted octanol–water partition coefficient (Wildman–Crippen LogP) is 0.311. The lowest BCUT2D eigenvalue weighted by molar-refractivity contribution is -0.136. The summed E-state index contributed by atoms with van der Waals surface area (Å²) in [7, 11) is 5.28. The standard InChI is InChI=1S/C13H19N3O3/c1-16(2)9-8-14-12(17)13(18)15-10-6-4-5-7-11(10)19-3/h4-7H,8-9H2,1-3H3,(H,14,17)(H,15,18). The molecule has 104 valence electrons. The molecular weight excluding hydrogens is 246 g/mol. The maximum atomic E-state index is 11.7. The van der Waals surface area contributed by atoms with Crippen LogP contribution in [0.15, 0.2) is 24.3 Å². The van der Waals surface area contributed by atoms with Gasteiger partial charge in [0.1, 0.15) is 5.75 Å². The molecule has 19 heavy (non-hydrogen) atoms. The van der Waals surface area contributed by atoms with Crippen molar-refractivity contribution < 1.29 is 14.3 Å². The van der Waals surface area contributed by atoms with Crippen molar-refractivity contribution in [2.75, 3.05) is 39.6 Å². The number of ether oxygens (including phenoxy) is 1. The van der Waals surface area contributed by atoms with Gasteiger partial charge in [-0.1, -0.05) is 12.1 Å². The number of para-hydroxylation sites is 2. The molecule has 1 rings (SSSR count). The number of amides is 2. The van der Waals surface area contributed by atoms with Gasteiger partial charge < -0.3 is 20.3 Å². The molecule has 6 nitrogen and oxygen atoms in total. The van der Waals surface area contributed by atoms with Gasteiger partial charge in [-0.25, -0.2) is 0 Å². The normalized spacial score (nSPS) is 10.1. The Hall–Kier alpha value is -2.08. The quantitative estimate of drug-likeness (QED) is 0.752. The van der Waals surface area contributed by atoms with Crippen molar-refractivity contribution in [2.24, 2.45) is 0 Å². The van der Waals surface area contributed by atoms with Crippen LogP contribution in [0.5, 0.6) is 5.75 Å². The molecule has 1 aromatic rings. The molecule has 1 aromatic carbocycles. The zero-order chi connectivity index (χ0) is 14.3. The third-order valence-corrected chi connectivity index (χ3v) is 2.41. The Kier molecular flexibility index (Phi) is 5.81. The number of nitrogens with one attached hydrogen (secondary N) is 2. The van der Waals surface area contributed by atoms with Gasteiger partial charge >= 0.3 is 11.8 Å². The van der Waals surface area contributed by atoms with E-state index >= 15 is 0 Å². The number of anilines is 1. The summed E-state index contributed by atoms with van der Waals surface area (Å²) in [6, 6.07) is 6.91. The predicted molar refractivity (Wildman–Crippen MR) is 73.2 cm³/mol. The van der Waals surface area contributed by atoms with Gasteiger partial charge in [0.15, 0.2) is 0 Å². The molecule has 0 fully saturated rings. The van der Waals surface area contributed by atoms with E-state index < -0.39 is 11.8 Å². The van der Waals surface area contributed by atoms with E-state index in [1.165, 1.54) is 7.11 Å². The van der Waals surface area contributed by atoms with Crippen LogP contribution < -0.4 is 15.4 Å². The summed E-state index contributed by atoms with van der Waals surface area (Å²) in [4.78, 5) is 25.1. The molecule has 0 aliphatic heterocycles. The number of benzene rings is 1. The van der Waals surface area contributed by atoms with Crippen molar-refractivity contribution >= 4 is 17.5 Å². The highest BCUT2D eigenvalue weighted by molar-refractivity contribution is 6.39. The first-order valence-corrected chi connectivity index (χ1v) is 5.91. The Morgan fingerprint density at radius 1 is 1.21 bits per heavy atom. The smallest absolute Gasteiger partial charge is 0.313 e. The van der Waals surface area contributed by atoms with Crippen LogP contribution in [0.2, 0.25) is 0 Å². The summed E-state index contributed by atoms with van der Waals surface area (Å²) in [5, 5.41) is 5.05. The van der Waals surface area contributed by atoms with E-state index in [4.69, 9.17) is 4.74 Å². The third kappa shape index (κ3) is 4.97. The highest BCUT2D eigenvalue weighted by atomic mass is 16.5. The highest BCUT2D eigenvalue weighted by Crippen LogP contribution is 2.22. The van der Waals surface area contributed by atoms with E-state index in [9.17, 15) is 9.59 Å². The zero-order valence-corrected chi connectivity index (χ0v) is 11.4. The molecule has 0 aliphatic carbocycles. The maximum Gasteiger partial charge on any atom is 0.313 e. The van der Waals surface area contributed by atoms with Gasteiger partial charge in [-0.15, -0.1) is 0 Å². The van der Waals surface area contributed by atoms with Crippen LogP contribution in [0.25, 0.3) is 0 Å². The van der Waals surface area contributed by atoms with Crippen LogP contribution in [0, 0.1) is 0 Å². The Bertz CT molecular complexity index is 447. The topological polar surface area (TPSA) is 70.7 Å². The second-order valence-corrected chi connectivity index (χ2v) is 4.21. The minimum Gasteiger partial charge on any atom is -0.495 e. The number of methoxy groups -OCH3 is 1. The van der Waals surface area contributed by atoms with Crippen molar-refractivity contribution in [3.63, 3.8) is 0 Å². The molecule has 0 saturated carbocycles. The molecular formula is C13H19N3O3. The van der Waals surface area contributed by atoms with E-state index in [-0.39, 0.29) is 0 Å². The first kappa shape index (κ1) is 15.0. The highest BCUT2D eigenvalue weighted by Gasteiger charge is 2.14. The van der Waals surface area contributed by atoms with Crippen LogP contribution in [0.3, 0.4) is 0 Å². The summed E-state index contributed by atoms with van der Waals surface area (Å²) < 4.78 is 5.09. The fourth-order valence-corrected chi connectivity index (χ4v) is 1.40. The van der Waals surface area contributed by atoms with Crippen LogP contribution in [0.4, 0.5) is 5.69 Å². The molecule has 6 heteroatoms. The summed E-state index contributed by atoms with van der Waals surface area (Å²) in [6.07, 6.45) is 0. The van der Waals surface area contributed by atoms with E-state index in [2.05, 4.69) is 10.6 Å². The van der Waals surface area contributed by atoms with E-state index in [1.807, 2.05) is 19.0 Å². The average Bonchev–Trinajstić information content (AvgIpc) is 2.38.